The Bertz CT molecular complexity index is 1490. The van der Waals surface area contributed by atoms with Crippen molar-refractivity contribution in [2.75, 3.05) is 34.3 Å². The van der Waals surface area contributed by atoms with Gasteiger partial charge in [-0.2, -0.15) is 9.41 Å². The van der Waals surface area contributed by atoms with Crippen molar-refractivity contribution in [2.45, 2.75) is 23.9 Å². The first-order valence-electron chi connectivity index (χ1n) is 12.0. The van der Waals surface area contributed by atoms with Gasteiger partial charge >= 0.3 is 0 Å². The lowest BCUT2D eigenvalue weighted by molar-refractivity contribution is -0.133. The van der Waals surface area contributed by atoms with Gasteiger partial charge in [-0.1, -0.05) is 30.3 Å². The number of amides is 2. The van der Waals surface area contributed by atoms with Crippen molar-refractivity contribution in [3.05, 3.63) is 71.8 Å². The van der Waals surface area contributed by atoms with Gasteiger partial charge in [0.05, 0.1) is 24.8 Å². The largest absolute Gasteiger partial charge is 0.497 e. The van der Waals surface area contributed by atoms with Crippen molar-refractivity contribution in [1.82, 2.24) is 14.1 Å². The van der Waals surface area contributed by atoms with E-state index in [2.05, 4.69) is 5.10 Å². The molecule has 4 rings (SSSR count). The number of carbonyl (C=O) groups is 2. The van der Waals surface area contributed by atoms with Crippen LogP contribution in [0.1, 0.15) is 17.5 Å². The minimum atomic E-state index is -4.20. The zero-order chi connectivity index (χ0) is 27.4. The average Bonchev–Trinajstić information content (AvgIpc) is 3.25. The molecule has 1 heterocycles. The lowest BCUT2D eigenvalue weighted by Crippen LogP contribution is -2.49. The summed E-state index contributed by atoms with van der Waals surface area (Å²) in [6.45, 7) is 0.209. The second-order valence-corrected chi connectivity index (χ2v) is 11.2. The van der Waals surface area contributed by atoms with E-state index in [0.29, 0.717) is 24.2 Å². The lowest BCUT2D eigenvalue weighted by atomic mass is 10.1. The highest BCUT2D eigenvalue weighted by molar-refractivity contribution is 7.89. The molecule has 0 saturated carbocycles. The third kappa shape index (κ3) is 5.63. The highest BCUT2D eigenvalue weighted by Gasteiger charge is 2.43. The molecule has 0 bridgehead atoms. The van der Waals surface area contributed by atoms with Gasteiger partial charge in [0, 0.05) is 27.2 Å². The fraction of sp³-hybridized carbons (Fsp3) is 0.296. The van der Waals surface area contributed by atoms with Crippen LogP contribution in [0.2, 0.25) is 0 Å². The van der Waals surface area contributed by atoms with Crippen LogP contribution < -0.4 is 10.6 Å². The Morgan fingerprint density at radius 3 is 2.61 bits per heavy atom. The number of fused-ring (bicyclic) bond motifs is 1. The van der Waals surface area contributed by atoms with Crippen LogP contribution in [0, 0.1) is 0 Å². The highest BCUT2D eigenvalue weighted by Crippen LogP contribution is 2.29. The third-order valence-electron chi connectivity index (χ3n) is 6.58. The van der Waals surface area contributed by atoms with E-state index in [-0.39, 0.29) is 17.2 Å². The molecule has 3 aromatic rings. The van der Waals surface area contributed by atoms with Crippen LogP contribution >= 0.6 is 0 Å². The maximum Gasteiger partial charge on any atom is 0.244 e. The summed E-state index contributed by atoms with van der Waals surface area (Å²) in [5.41, 5.74) is 1.65. The molecule has 3 aromatic carbocycles. The Kier molecular flexibility index (Phi) is 7.98. The first kappa shape index (κ1) is 27.1. The highest BCUT2D eigenvalue weighted by atomic mass is 32.2. The topological polar surface area (TPSA) is 126 Å². The number of sulfonamides is 1. The number of methoxy groups -OCH3 is 1. The molecule has 10 nitrogen and oxygen atoms in total. The second-order valence-electron chi connectivity index (χ2n) is 9.30. The van der Waals surface area contributed by atoms with E-state index in [1.165, 1.54) is 24.3 Å². The molecule has 0 unspecified atom stereocenters. The van der Waals surface area contributed by atoms with Gasteiger partial charge in [-0.05, 0) is 58.7 Å². The number of nitrogens with two attached hydrogens (primary N) is 1. The first-order chi connectivity index (χ1) is 18.1. The molecule has 2 amide bonds. The monoisotopic (exact) mass is 537 g/mol. The number of hydrazone groups is 1. The molecule has 200 valence electrons. The van der Waals surface area contributed by atoms with Gasteiger partial charge in [0.15, 0.2) is 0 Å². The Morgan fingerprint density at radius 2 is 1.89 bits per heavy atom. The van der Waals surface area contributed by atoms with Crippen molar-refractivity contribution in [3.8, 4) is 5.75 Å². The summed E-state index contributed by atoms with van der Waals surface area (Å²) >= 11 is 0. The van der Waals surface area contributed by atoms with Gasteiger partial charge in [0.25, 0.3) is 0 Å². The normalized spacial score (nSPS) is 16.1. The number of benzene rings is 3. The van der Waals surface area contributed by atoms with Crippen molar-refractivity contribution in [2.24, 2.45) is 10.9 Å². The minimum Gasteiger partial charge on any atom is -0.497 e. The van der Waals surface area contributed by atoms with Gasteiger partial charge in [-0.3, -0.25) is 9.59 Å². The van der Waals surface area contributed by atoms with E-state index in [4.69, 9.17) is 10.6 Å². The van der Waals surface area contributed by atoms with Crippen LogP contribution in [0.4, 0.5) is 0 Å². The summed E-state index contributed by atoms with van der Waals surface area (Å²) < 4.78 is 34.2. The molecule has 0 radical (unpaired) electrons. The third-order valence-corrected chi connectivity index (χ3v) is 8.43. The number of carbonyl (C=O) groups excluding carboxylic acids is 2. The molecule has 2 N–H and O–H groups in total. The Hall–Kier alpha value is -3.96. The number of likely N-dealkylation sites (tertiary alicyclic amines) is 1. The van der Waals surface area contributed by atoms with Crippen molar-refractivity contribution < 1.29 is 22.7 Å². The smallest absolute Gasteiger partial charge is 0.244 e. The number of likely N-dealkylation sites (N-methyl/N-ethyl adjacent to an activating group) is 1. The van der Waals surface area contributed by atoms with Crippen LogP contribution in [0.15, 0.2) is 70.7 Å². The van der Waals surface area contributed by atoms with Crippen LogP contribution in [-0.4, -0.2) is 80.9 Å². The maximum atomic E-state index is 13.9. The average molecular weight is 538 g/mol. The zero-order valence-electron chi connectivity index (χ0n) is 21.6. The number of nitrogens with zero attached hydrogens (tertiary/aromatic N) is 4. The van der Waals surface area contributed by atoms with Crippen LogP contribution in [0.25, 0.3) is 10.8 Å². The SMILES string of the molecule is COc1ccc2ccc(S(=O)(=O)N(CC(=O)N(C)C)[C@H]3CCN(Cc4cccc(C=NN)c4)C3=O)cc2c1. The second kappa shape index (κ2) is 11.2. The summed E-state index contributed by atoms with van der Waals surface area (Å²) in [6.07, 6.45) is 1.78. The van der Waals surface area contributed by atoms with Crippen molar-refractivity contribution >= 4 is 38.8 Å². The van der Waals surface area contributed by atoms with Crippen LogP contribution in [0.3, 0.4) is 0 Å². The minimum absolute atomic E-state index is 0.00447. The van der Waals surface area contributed by atoms with E-state index in [9.17, 15) is 18.0 Å². The van der Waals surface area contributed by atoms with Gasteiger partial charge in [-0.25, -0.2) is 8.42 Å². The molecule has 1 saturated heterocycles. The summed E-state index contributed by atoms with van der Waals surface area (Å²) in [7, 11) is 0.439. The molecule has 0 spiro atoms. The molecule has 0 aliphatic carbocycles. The number of rotatable bonds is 9. The van der Waals surface area contributed by atoms with E-state index in [1.54, 1.807) is 43.3 Å². The van der Waals surface area contributed by atoms with Gasteiger partial charge in [-0.15, -0.1) is 0 Å². The standard InChI is InChI=1S/C27H31N5O5S/c1-30(2)26(33)18-32(38(35,36)24-10-8-21-7-9-23(37-3)14-22(21)15-24)25-11-12-31(27(25)34)17-20-6-4-5-19(13-20)16-29-28/h4-10,13-16,25H,11-12,17-18,28H2,1-3H3/t25-/m0/s1. The maximum absolute atomic E-state index is 13.9. The van der Waals surface area contributed by atoms with Gasteiger partial charge in [0.2, 0.25) is 21.8 Å². The van der Waals surface area contributed by atoms with E-state index in [1.807, 2.05) is 30.3 Å². The summed E-state index contributed by atoms with van der Waals surface area (Å²) in [4.78, 5) is 29.2. The van der Waals surface area contributed by atoms with Crippen molar-refractivity contribution in [3.63, 3.8) is 0 Å². The molecular formula is C27H31N5O5S. The predicted molar refractivity (Wildman–Crippen MR) is 145 cm³/mol. The number of hydrogen-bond acceptors (Lipinski definition) is 7. The van der Waals surface area contributed by atoms with E-state index < -0.39 is 28.5 Å². The number of hydrogen-bond donors (Lipinski definition) is 1. The van der Waals surface area contributed by atoms with E-state index in [0.717, 1.165) is 20.8 Å². The fourth-order valence-corrected chi connectivity index (χ4v) is 6.09. The molecule has 1 aliphatic rings. The Morgan fingerprint density at radius 1 is 1.13 bits per heavy atom. The quantitative estimate of drug-likeness (QED) is 0.253. The van der Waals surface area contributed by atoms with Crippen LogP contribution in [0.5, 0.6) is 5.75 Å². The Labute approximate surface area is 222 Å². The van der Waals surface area contributed by atoms with E-state index >= 15 is 0 Å². The predicted octanol–water partition coefficient (Wildman–Crippen LogP) is 2.02. The summed E-state index contributed by atoms with van der Waals surface area (Å²) in [5.74, 6) is 5.07. The molecule has 11 heteroatoms. The lowest BCUT2D eigenvalue weighted by Gasteiger charge is -2.28. The summed E-state index contributed by atoms with van der Waals surface area (Å²) in [6, 6.07) is 16.5. The molecule has 0 aromatic heterocycles. The molecule has 1 fully saturated rings. The first-order valence-corrected chi connectivity index (χ1v) is 13.5. The zero-order valence-corrected chi connectivity index (χ0v) is 22.4. The van der Waals surface area contributed by atoms with Crippen molar-refractivity contribution in [1.29, 1.82) is 0 Å². The summed E-state index contributed by atoms with van der Waals surface area (Å²) in [5, 5.41) is 5.04. The molecule has 1 aliphatic heterocycles. The number of ether oxygens (including phenoxy) is 1. The Balaban J connectivity index is 1.66. The van der Waals surface area contributed by atoms with Gasteiger partial charge in [0.1, 0.15) is 11.8 Å². The van der Waals surface area contributed by atoms with Crippen LogP contribution in [-0.2, 0) is 26.2 Å². The molecular weight excluding hydrogens is 506 g/mol. The molecule has 1 atom stereocenters. The fourth-order valence-electron chi connectivity index (χ4n) is 4.49. The van der Waals surface area contributed by atoms with Gasteiger partial charge < -0.3 is 20.4 Å². The molecule has 38 heavy (non-hydrogen) atoms.